The molecular weight excluding hydrogens is 362 g/mol. The molecule has 0 bridgehead atoms. The van der Waals surface area contributed by atoms with Crippen LogP contribution in [-0.2, 0) is 4.79 Å². The molecule has 2 aromatic carbocycles. The summed E-state index contributed by atoms with van der Waals surface area (Å²) >= 11 is 2.92. The quantitative estimate of drug-likeness (QED) is 0.618. The van der Waals surface area contributed by atoms with Crippen LogP contribution in [0.1, 0.15) is 22.3 Å². The van der Waals surface area contributed by atoms with Crippen LogP contribution in [0.15, 0.2) is 41.3 Å². The van der Waals surface area contributed by atoms with Crippen LogP contribution in [0.25, 0.3) is 10.6 Å². The molecule has 0 saturated heterocycles. The minimum atomic E-state index is -0.0735. The number of aromatic nitrogens is 2. The number of hydrogen-bond donors (Lipinski definition) is 1. The topological polar surface area (TPSA) is 54.9 Å². The average molecular weight is 384 g/mol. The normalized spacial score (nSPS) is 10.8. The number of hydrogen-bond acceptors (Lipinski definition) is 5. The van der Waals surface area contributed by atoms with Crippen LogP contribution < -0.4 is 5.32 Å². The van der Waals surface area contributed by atoms with Gasteiger partial charge in [0.1, 0.15) is 5.01 Å². The van der Waals surface area contributed by atoms with Gasteiger partial charge in [-0.25, -0.2) is 0 Å². The SMILES string of the molecule is Cc1ccc(SCC(=O)Nc2nnc(-c3c(C)cc(C)cc3C)s2)cc1. The smallest absolute Gasteiger partial charge is 0.236 e. The molecular formula is C20H21N3OS2. The second-order valence-electron chi connectivity index (χ2n) is 6.34. The molecule has 3 rings (SSSR count). The van der Waals surface area contributed by atoms with Crippen molar-refractivity contribution in [2.24, 2.45) is 0 Å². The summed E-state index contributed by atoms with van der Waals surface area (Å²) in [5.74, 6) is 0.274. The van der Waals surface area contributed by atoms with Gasteiger partial charge in [-0.2, -0.15) is 0 Å². The molecule has 0 radical (unpaired) electrons. The first-order valence-corrected chi connectivity index (χ1v) is 10.1. The zero-order valence-electron chi connectivity index (χ0n) is 15.3. The van der Waals surface area contributed by atoms with Gasteiger partial charge in [0, 0.05) is 10.5 Å². The lowest BCUT2D eigenvalue weighted by atomic mass is 10.0. The Bertz CT molecular complexity index is 909. The Morgan fingerprint density at radius 3 is 2.31 bits per heavy atom. The number of thioether (sulfide) groups is 1. The van der Waals surface area contributed by atoms with E-state index in [9.17, 15) is 4.79 Å². The third kappa shape index (κ3) is 4.51. The van der Waals surface area contributed by atoms with Crippen molar-refractivity contribution in [3.05, 3.63) is 58.7 Å². The standard InChI is InChI=1S/C20H21N3OS2/c1-12-5-7-16(8-6-12)25-11-17(24)21-20-23-22-19(26-20)18-14(3)9-13(2)10-15(18)4/h5-10H,11H2,1-4H3,(H,21,23,24). The van der Waals surface area contributed by atoms with Crippen LogP contribution >= 0.6 is 23.1 Å². The Morgan fingerprint density at radius 2 is 1.65 bits per heavy atom. The van der Waals surface area contributed by atoms with Crippen molar-refractivity contribution >= 4 is 34.1 Å². The van der Waals surface area contributed by atoms with Crippen LogP contribution in [0.5, 0.6) is 0 Å². The van der Waals surface area contributed by atoms with E-state index in [0.717, 1.165) is 15.5 Å². The van der Waals surface area contributed by atoms with Gasteiger partial charge in [0.15, 0.2) is 0 Å². The lowest BCUT2D eigenvalue weighted by Gasteiger charge is -2.07. The fourth-order valence-electron chi connectivity index (χ4n) is 2.83. The van der Waals surface area contributed by atoms with Gasteiger partial charge in [0.25, 0.3) is 0 Å². The summed E-state index contributed by atoms with van der Waals surface area (Å²) in [5, 5.41) is 12.6. The van der Waals surface area contributed by atoms with E-state index in [0.29, 0.717) is 10.9 Å². The molecule has 1 aromatic heterocycles. The molecule has 6 heteroatoms. The predicted octanol–water partition coefficient (Wildman–Crippen LogP) is 5.17. The Labute approximate surface area is 162 Å². The minimum absolute atomic E-state index is 0.0735. The number of rotatable bonds is 5. The fourth-order valence-corrected chi connectivity index (χ4v) is 4.46. The highest BCUT2D eigenvalue weighted by atomic mass is 32.2. The molecule has 1 amide bonds. The summed E-state index contributed by atoms with van der Waals surface area (Å²) in [6.07, 6.45) is 0. The molecule has 0 spiro atoms. The number of carbonyl (C=O) groups is 1. The maximum absolute atomic E-state index is 12.2. The molecule has 0 unspecified atom stereocenters. The minimum Gasteiger partial charge on any atom is -0.300 e. The Kier molecular flexibility index (Phi) is 5.74. The highest BCUT2D eigenvalue weighted by Crippen LogP contribution is 2.32. The summed E-state index contributed by atoms with van der Waals surface area (Å²) in [4.78, 5) is 13.3. The van der Waals surface area contributed by atoms with Crippen LogP contribution in [0, 0.1) is 27.7 Å². The molecule has 0 aliphatic carbocycles. The molecule has 1 N–H and O–H groups in total. The molecule has 3 aromatic rings. The number of nitrogens with zero attached hydrogens (tertiary/aromatic N) is 2. The Balaban J connectivity index is 1.65. The van der Waals surface area contributed by atoms with Gasteiger partial charge in [0.2, 0.25) is 11.0 Å². The monoisotopic (exact) mass is 383 g/mol. The average Bonchev–Trinajstić information content (AvgIpc) is 3.01. The van der Waals surface area contributed by atoms with Gasteiger partial charge >= 0.3 is 0 Å². The molecule has 1 heterocycles. The van der Waals surface area contributed by atoms with Crippen molar-refractivity contribution in [3.63, 3.8) is 0 Å². The van der Waals surface area contributed by atoms with Gasteiger partial charge in [-0.3, -0.25) is 10.1 Å². The summed E-state index contributed by atoms with van der Waals surface area (Å²) in [5.41, 5.74) is 5.89. The molecule has 26 heavy (non-hydrogen) atoms. The highest BCUT2D eigenvalue weighted by Gasteiger charge is 2.14. The number of anilines is 1. The van der Waals surface area contributed by atoms with Gasteiger partial charge < -0.3 is 0 Å². The van der Waals surface area contributed by atoms with Crippen molar-refractivity contribution in [1.82, 2.24) is 10.2 Å². The molecule has 0 aliphatic rings. The zero-order valence-corrected chi connectivity index (χ0v) is 16.9. The van der Waals surface area contributed by atoms with E-state index < -0.39 is 0 Å². The third-order valence-corrected chi connectivity index (χ3v) is 5.82. The number of amides is 1. The number of carbonyl (C=O) groups excluding carboxylic acids is 1. The van der Waals surface area contributed by atoms with E-state index in [-0.39, 0.29) is 5.91 Å². The molecule has 134 valence electrons. The lowest BCUT2D eigenvalue weighted by Crippen LogP contribution is -2.13. The number of benzene rings is 2. The number of aryl methyl sites for hydroxylation is 4. The van der Waals surface area contributed by atoms with E-state index >= 15 is 0 Å². The second kappa shape index (κ2) is 8.01. The second-order valence-corrected chi connectivity index (χ2v) is 8.36. The lowest BCUT2D eigenvalue weighted by molar-refractivity contribution is -0.113. The third-order valence-electron chi connectivity index (χ3n) is 3.95. The summed E-state index contributed by atoms with van der Waals surface area (Å²) in [7, 11) is 0. The van der Waals surface area contributed by atoms with Crippen molar-refractivity contribution < 1.29 is 4.79 Å². The fraction of sp³-hybridized carbons (Fsp3) is 0.250. The van der Waals surface area contributed by atoms with E-state index in [2.05, 4.69) is 48.4 Å². The van der Waals surface area contributed by atoms with Gasteiger partial charge in [-0.15, -0.1) is 22.0 Å². The summed E-state index contributed by atoms with van der Waals surface area (Å²) in [6.45, 7) is 8.29. The van der Waals surface area contributed by atoms with Crippen molar-refractivity contribution in [2.45, 2.75) is 32.6 Å². The van der Waals surface area contributed by atoms with Crippen LogP contribution in [0.4, 0.5) is 5.13 Å². The van der Waals surface area contributed by atoms with E-state index in [1.165, 1.54) is 45.4 Å². The molecule has 4 nitrogen and oxygen atoms in total. The molecule has 0 fully saturated rings. The first-order valence-electron chi connectivity index (χ1n) is 8.33. The van der Waals surface area contributed by atoms with Crippen molar-refractivity contribution in [3.8, 4) is 10.6 Å². The van der Waals surface area contributed by atoms with Crippen LogP contribution in [-0.4, -0.2) is 21.9 Å². The maximum Gasteiger partial charge on any atom is 0.236 e. The Morgan fingerprint density at radius 1 is 1.00 bits per heavy atom. The first kappa shape index (κ1) is 18.6. The zero-order chi connectivity index (χ0) is 18.7. The number of nitrogens with one attached hydrogen (secondary N) is 1. The molecule has 0 atom stereocenters. The largest absolute Gasteiger partial charge is 0.300 e. The Hall–Kier alpha value is -2.18. The van der Waals surface area contributed by atoms with Crippen LogP contribution in [0.3, 0.4) is 0 Å². The van der Waals surface area contributed by atoms with Crippen molar-refractivity contribution in [2.75, 3.05) is 11.1 Å². The predicted molar refractivity (Wildman–Crippen MR) is 110 cm³/mol. The van der Waals surface area contributed by atoms with E-state index in [4.69, 9.17) is 0 Å². The van der Waals surface area contributed by atoms with Gasteiger partial charge in [-0.05, 0) is 51.0 Å². The van der Waals surface area contributed by atoms with Gasteiger partial charge in [-0.1, -0.05) is 46.7 Å². The maximum atomic E-state index is 12.2. The van der Waals surface area contributed by atoms with Crippen molar-refractivity contribution in [1.29, 1.82) is 0 Å². The van der Waals surface area contributed by atoms with Crippen LogP contribution in [0.2, 0.25) is 0 Å². The molecule has 0 aliphatic heterocycles. The highest BCUT2D eigenvalue weighted by molar-refractivity contribution is 8.00. The van der Waals surface area contributed by atoms with E-state index in [1.54, 1.807) is 0 Å². The molecule has 0 saturated carbocycles. The first-order chi connectivity index (χ1) is 12.4. The summed E-state index contributed by atoms with van der Waals surface area (Å²) in [6, 6.07) is 12.4. The van der Waals surface area contributed by atoms with Gasteiger partial charge in [0.05, 0.1) is 5.75 Å². The van der Waals surface area contributed by atoms with E-state index in [1.807, 2.05) is 31.2 Å². The summed E-state index contributed by atoms with van der Waals surface area (Å²) < 4.78 is 0.